The molecule has 1 unspecified atom stereocenters. The van der Waals surface area contributed by atoms with E-state index >= 15 is 0 Å². The summed E-state index contributed by atoms with van der Waals surface area (Å²) in [5.41, 5.74) is 0.581. The summed E-state index contributed by atoms with van der Waals surface area (Å²) in [6.45, 7) is 0. The van der Waals surface area contributed by atoms with E-state index in [9.17, 15) is 20.1 Å². The molecule has 12 heteroatoms. The Kier molecular flexibility index (Phi) is 3.64. The van der Waals surface area contributed by atoms with Gasteiger partial charge in [0.1, 0.15) is 32.9 Å². The van der Waals surface area contributed by atoms with E-state index in [-0.39, 0.29) is 28.7 Å². The van der Waals surface area contributed by atoms with Crippen molar-refractivity contribution in [1.82, 2.24) is 19.5 Å². The highest BCUT2D eigenvalue weighted by molar-refractivity contribution is 7.99. The molecule has 0 aromatic carbocycles. The van der Waals surface area contributed by atoms with Crippen LogP contribution in [0, 0.1) is 0 Å². The van der Waals surface area contributed by atoms with Gasteiger partial charge in [-0.15, -0.1) is 0 Å². The van der Waals surface area contributed by atoms with Crippen LogP contribution in [0.25, 0.3) is 11.2 Å². The van der Waals surface area contributed by atoms with E-state index in [2.05, 4.69) is 15.0 Å². The minimum atomic E-state index is -3.65. The molecule has 7 N–H and O–H groups in total. The van der Waals surface area contributed by atoms with Crippen molar-refractivity contribution in [1.29, 1.82) is 0 Å². The molecule has 1 saturated heterocycles. The number of aliphatic hydroxyl groups excluding tert-OH is 2. The largest absolute Gasteiger partial charge is 0.480 e. The van der Waals surface area contributed by atoms with E-state index in [0.29, 0.717) is 0 Å². The molecule has 2 aromatic heterocycles. The second-order valence-corrected chi connectivity index (χ2v) is 6.30. The molecule has 148 valence electrons. The van der Waals surface area contributed by atoms with Gasteiger partial charge in [0.15, 0.2) is 17.7 Å². The molecule has 27 heavy (non-hydrogen) atoms. The van der Waals surface area contributed by atoms with E-state index in [1.807, 2.05) is 0 Å². The lowest BCUT2D eigenvalue weighted by Gasteiger charge is -2.16. The Hall–Kier alpha value is -1.99. The number of nitrogens with zero attached hydrogens (tertiary/aromatic N) is 4. The number of rotatable bonds is 9. The SMILES string of the molecule is [2H]C(C[C@H]1O[C@@H](n2cnc3c(N)ncnc32)[C@H](O)[C@@H]1O)SC([2H])([2H])C([2H])([2H])[C@@]([2H])(C(=O)O)N([2H])[2H]. The lowest BCUT2D eigenvalue weighted by Crippen LogP contribution is -2.32. The van der Waals surface area contributed by atoms with Crippen LogP contribution >= 0.6 is 11.8 Å². The third kappa shape index (κ3) is 4.14. The Bertz CT molecular complexity index is 1100. The monoisotopic (exact) mass is 406 g/mol. The van der Waals surface area contributed by atoms with E-state index in [1.165, 1.54) is 10.9 Å². The predicted octanol–water partition coefficient (Wildman–Crippen LogP) is -1.05. The minimum Gasteiger partial charge on any atom is -0.480 e. The van der Waals surface area contributed by atoms with E-state index in [0.717, 1.165) is 6.33 Å². The van der Waals surface area contributed by atoms with Crippen LogP contribution in [-0.4, -0.2) is 76.6 Å². The van der Waals surface area contributed by atoms with E-state index in [1.54, 1.807) is 0 Å². The third-order valence-corrected chi connectivity index (χ3v) is 4.42. The lowest BCUT2D eigenvalue weighted by atomic mass is 10.1. The molecule has 0 saturated carbocycles. The molecule has 3 heterocycles. The highest BCUT2D eigenvalue weighted by atomic mass is 32.2. The number of aliphatic hydroxyl groups is 2. The number of imidazole rings is 1. The average Bonchev–Trinajstić information content (AvgIpc) is 3.29. The zero-order valence-electron chi connectivity index (χ0n) is 21.6. The van der Waals surface area contributed by atoms with Crippen molar-refractivity contribution >= 4 is 34.7 Å². The van der Waals surface area contributed by atoms with Crippen LogP contribution in [0.2, 0.25) is 2.82 Å². The van der Waals surface area contributed by atoms with Gasteiger partial charge in [0, 0.05) is 6.85 Å². The van der Waals surface area contributed by atoms with E-state index in [4.69, 9.17) is 21.5 Å². The number of carboxylic acids is 1. The summed E-state index contributed by atoms with van der Waals surface area (Å²) < 4.78 is 68.9. The normalized spacial score (nSPS) is 34.3. The van der Waals surface area contributed by atoms with Gasteiger partial charge in [-0.05, 0) is 24.2 Å². The summed E-state index contributed by atoms with van der Waals surface area (Å²) in [5.74, 6) is -2.20. The summed E-state index contributed by atoms with van der Waals surface area (Å²) in [4.78, 5) is 23.3. The summed E-state index contributed by atoms with van der Waals surface area (Å²) >= 11 is -0.0169. The van der Waals surface area contributed by atoms with Crippen LogP contribution in [-0.2, 0) is 9.53 Å². The van der Waals surface area contributed by atoms with Crippen LogP contribution < -0.4 is 11.5 Å². The van der Waals surface area contributed by atoms with Gasteiger partial charge >= 0.3 is 5.97 Å². The molecule has 6 atom stereocenters. The molecule has 0 bridgehead atoms. The second kappa shape index (κ2) is 8.35. The number of nitrogen functional groups attached to an aromatic ring is 1. The second-order valence-electron chi connectivity index (χ2n) is 5.53. The van der Waals surface area contributed by atoms with E-state index < -0.39 is 66.5 Å². The van der Waals surface area contributed by atoms with Crippen molar-refractivity contribution < 1.29 is 35.9 Å². The number of anilines is 1. The molecule has 1 fully saturated rings. The van der Waals surface area contributed by atoms with Crippen molar-refractivity contribution in [2.75, 3.05) is 17.2 Å². The van der Waals surface area contributed by atoms with Gasteiger partial charge in [-0.25, -0.2) is 15.0 Å². The topological polar surface area (TPSA) is 183 Å². The molecular weight excluding hydrogens is 376 g/mol. The van der Waals surface area contributed by atoms with Gasteiger partial charge in [-0.3, -0.25) is 9.36 Å². The number of aromatic nitrogens is 4. The Balaban J connectivity index is 1.77. The van der Waals surface area contributed by atoms with Crippen LogP contribution in [0.5, 0.6) is 0 Å². The number of carboxylic acid groups (broad SMARTS) is 1. The number of hydrogen-bond acceptors (Lipinski definition) is 10. The number of ether oxygens (including phenoxy) is 1. The third-order valence-electron chi connectivity index (χ3n) is 3.84. The quantitative estimate of drug-likeness (QED) is 0.342. The maximum Gasteiger partial charge on any atom is 0.320 e. The van der Waals surface area contributed by atoms with Crippen LogP contribution in [0.1, 0.15) is 27.2 Å². The fraction of sp³-hybridized carbons (Fsp3) is 0.600. The highest BCUT2D eigenvalue weighted by Gasteiger charge is 2.43. The fourth-order valence-electron chi connectivity index (χ4n) is 2.53. The first-order valence-corrected chi connectivity index (χ1v) is 8.50. The van der Waals surface area contributed by atoms with Crippen LogP contribution in [0.4, 0.5) is 5.82 Å². The summed E-state index contributed by atoms with van der Waals surface area (Å²) in [5, 5.41) is 30.1. The zero-order valence-corrected chi connectivity index (χ0v) is 14.4. The Morgan fingerprint density at radius 3 is 3.04 bits per heavy atom. The maximum absolute atomic E-state index is 11.4. The molecule has 11 nitrogen and oxygen atoms in total. The molecule has 3 rings (SSSR count). The lowest BCUT2D eigenvalue weighted by molar-refractivity contribution is -0.138. The Labute approximate surface area is 170 Å². The standard InChI is InChI=1S/C15H22N6O5S/c16-7(15(24)25)1-3-27-4-2-8-10(22)11(23)14(26-8)21-6-20-9-12(17)18-5-19-13(9)21/h5-8,10-11,14,22-23H,1-4,16H2,(H,24,25)(H2,17,18,19)/t7-,8+,10+,11+,14+/m0/s1/i1D2,3D2,4D,7D/hD2/t4?,7-,8+,10+,11+,14+. The summed E-state index contributed by atoms with van der Waals surface area (Å²) in [7, 11) is 0. The molecule has 0 spiro atoms. The number of aliphatic carboxylic acids is 1. The predicted molar refractivity (Wildman–Crippen MR) is 97.8 cm³/mol. The number of thioether (sulfide) groups is 1. The molecule has 0 aliphatic carbocycles. The first-order chi connectivity index (χ1) is 16.1. The number of hydrogen-bond donors (Lipinski definition) is 5. The van der Waals surface area contributed by atoms with Crippen molar-refractivity contribution in [3.63, 3.8) is 0 Å². The van der Waals surface area contributed by atoms with Crippen molar-refractivity contribution in [3.8, 4) is 0 Å². The molecular formula is C15H22N6O5S. The van der Waals surface area contributed by atoms with Gasteiger partial charge < -0.3 is 31.5 Å². The average molecular weight is 406 g/mol. The van der Waals surface area contributed by atoms with Gasteiger partial charge in [-0.2, -0.15) is 11.8 Å². The number of nitrogens with two attached hydrogens (primary N) is 2. The van der Waals surface area contributed by atoms with Crippen LogP contribution in [0.3, 0.4) is 0 Å². The molecule has 0 radical (unpaired) electrons. The van der Waals surface area contributed by atoms with Gasteiger partial charge in [0.05, 0.1) is 13.8 Å². The van der Waals surface area contributed by atoms with Gasteiger partial charge in [0.25, 0.3) is 0 Å². The molecule has 0 amide bonds. The summed E-state index contributed by atoms with van der Waals surface area (Å²) in [6.07, 6.45) is -7.15. The first-order valence-electron chi connectivity index (χ1n) is 11.6. The minimum absolute atomic E-state index is 0.0169. The Morgan fingerprint density at radius 2 is 2.30 bits per heavy atom. The van der Waals surface area contributed by atoms with Gasteiger partial charge in [-0.1, -0.05) is 0 Å². The molecule has 2 aromatic rings. The Morgan fingerprint density at radius 1 is 1.48 bits per heavy atom. The first kappa shape index (κ1) is 11.8. The van der Waals surface area contributed by atoms with Crippen LogP contribution in [0.15, 0.2) is 12.7 Å². The summed E-state index contributed by atoms with van der Waals surface area (Å²) in [6, 6.07) is -3.65. The smallest absolute Gasteiger partial charge is 0.320 e. The number of carbonyl (C=O) groups is 1. The van der Waals surface area contributed by atoms with Crippen molar-refractivity contribution in [3.05, 3.63) is 12.7 Å². The van der Waals surface area contributed by atoms with Crippen molar-refractivity contribution in [2.24, 2.45) is 5.72 Å². The van der Waals surface area contributed by atoms with Crippen molar-refractivity contribution in [2.45, 2.75) is 43.4 Å². The fourth-order valence-corrected chi connectivity index (χ4v) is 3.05. The molecule has 1 aliphatic rings. The highest BCUT2D eigenvalue weighted by Crippen LogP contribution is 2.33. The van der Waals surface area contributed by atoms with Gasteiger partial charge in [0.2, 0.25) is 0 Å². The maximum atomic E-state index is 11.4. The number of fused-ring (bicyclic) bond motifs is 1. The molecule has 1 aliphatic heterocycles. The zero-order chi connectivity index (χ0) is 26.5.